The summed E-state index contributed by atoms with van der Waals surface area (Å²) >= 11 is 0. The van der Waals surface area contributed by atoms with Crippen molar-refractivity contribution in [3.05, 3.63) is 0 Å². The van der Waals surface area contributed by atoms with Gasteiger partial charge in [-0.25, -0.2) is 0 Å². The Morgan fingerprint density at radius 3 is 0.967 bits per heavy atom. The molecular formula is C25H46BaO4. The van der Waals surface area contributed by atoms with Gasteiger partial charge >= 0.3 is 48.9 Å². The van der Waals surface area contributed by atoms with E-state index in [4.69, 9.17) is 0 Å². The van der Waals surface area contributed by atoms with Crippen LogP contribution < -0.4 is 10.2 Å². The summed E-state index contributed by atoms with van der Waals surface area (Å²) in [6.45, 7) is 4.41. The number of carbonyl (C=O) groups is 2. The molecule has 0 aliphatic heterocycles. The van der Waals surface area contributed by atoms with Gasteiger partial charge in [-0.05, 0) is 12.8 Å². The van der Waals surface area contributed by atoms with E-state index in [-0.39, 0.29) is 61.7 Å². The molecule has 0 N–H and O–H groups in total. The summed E-state index contributed by atoms with van der Waals surface area (Å²) < 4.78 is 0. The van der Waals surface area contributed by atoms with Gasteiger partial charge in [0.1, 0.15) is 0 Å². The monoisotopic (exact) mass is 548 g/mol. The molecule has 172 valence electrons. The number of carboxylic acids is 2. The minimum absolute atomic E-state index is 0. The Morgan fingerprint density at radius 1 is 0.500 bits per heavy atom. The average molecular weight is 548 g/mol. The SMILES string of the molecule is CCCCCCCCCCCC(CCCCCCCCCCC)(C(=O)[O-])C(=O)[O-].[Ba+2]. The van der Waals surface area contributed by atoms with Crippen LogP contribution in [0.25, 0.3) is 0 Å². The Hall–Kier alpha value is 0.511. The molecule has 0 aromatic carbocycles. The van der Waals surface area contributed by atoms with E-state index in [1.807, 2.05) is 0 Å². The first-order valence-electron chi connectivity index (χ1n) is 12.4. The van der Waals surface area contributed by atoms with Crippen LogP contribution in [0.3, 0.4) is 0 Å². The Morgan fingerprint density at radius 2 is 0.733 bits per heavy atom. The molecule has 0 saturated heterocycles. The second-order valence-corrected chi connectivity index (χ2v) is 8.81. The molecule has 0 aliphatic rings. The molecule has 0 aromatic rings. The number of carbonyl (C=O) groups excluding carboxylic acids is 2. The molecule has 0 bridgehead atoms. The Bertz CT molecular complexity index is 374. The molecule has 0 saturated carbocycles. The van der Waals surface area contributed by atoms with E-state index in [2.05, 4.69) is 13.8 Å². The van der Waals surface area contributed by atoms with Crippen molar-refractivity contribution in [3.8, 4) is 0 Å². The van der Waals surface area contributed by atoms with Crippen molar-refractivity contribution in [1.29, 1.82) is 0 Å². The van der Waals surface area contributed by atoms with Crippen LogP contribution in [-0.4, -0.2) is 60.8 Å². The smallest absolute Gasteiger partial charge is 0.549 e. The second-order valence-electron chi connectivity index (χ2n) is 8.81. The molecule has 30 heavy (non-hydrogen) atoms. The van der Waals surface area contributed by atoms with Gasteiger partial charge in [-0.1, -0.05) is 129 Å². The maximum Gasteiger partial charge on any atom is 2.00 e. The van der Waals surface area contributed by atoms with Gasteiger partial charge in [-0.3, -0.25) is 0 Å². The maximum atomic E-state index is 11.7. The summed E-state index contributed by atoms with van der Waals surface area (Å²) in [5.74, 6) is -2.92. The van der Waals surface area contributed by atoms with Crippen molar-refractivity contribution in [3.63, 3.8) is 0 Å². The molecular weight excluding hydrogens is 502 g/mol. The van der Waals surface area contributed by atoms with Gasteiger partial charge in [0.2, 0.25) is 0 Å². The normalized spacial score (nSPS) is 11.3. The van der Waals surface area contributed by atoms with Crippen molar-refractivity contribution in [2.45, 2.75) is 142 Å². The van der Waals surface area contributed by atoms with Crippen LogP contribution in [0.1, 0.15) is 142 Å². The molecule has 0 aromatic heterocycles. The van der Waals surface area contributed by atoms with Gasteiger partial charge in [-0.2, -0.15) is 0 Å². The Balaban J connectivity index is 0. The number of hydrogen-bond donors (Lipinski definition) is 0. The molecule has 0 unspecified atom stereocenters. The maximum absolute atomic E-state index is 11.7. The fourth-order valence-corrected chi connectivity index (χ4v) is 4.09. The number of rotatable bonds is 22. The van der Waals surface area contributed by atoms with Crippen LogP contribution in [0.4, 0.5) is 0 Å². The van der Waals surface area contributed by atoms with E-state index >= 15 is 0 Å². The fourth-order valence-electron chi connectivity index (χ4n) is 4.09. The molecule has 0 radical (unpaired) electrons. The number of unbranched alkanes of at least 4 members (excludes halogenated alkanes) is 16. The Labute approximate surface area is 226 Å². The summed E-state index contributed by atoms with van der Waals surface area (Å²) in [6.07, 6.45) is 20.2. The van der Waals surface area contributed by atoms with Gasteiger partial charge < -0.3 is 19.8 Å². The third-order valence-corrected chi connectivity index (χ3v) is 6.20. The number of aliphatic carboxylic acids is 2. The van der Waals surface area contributed by atoms with E-state index in [1.165, 1.54) is 64.2 Å². The van der Waals surface area contributed by atoms with Crippen molar-refractivity contribution >= 4 is 60.8 Å². The molecule has 0 amide bonds. The van der Waals surface area contributed by atoms with Crippen LogP contribution in [-0.2, 0) is 9.59 Å². The van der Waals surface area contributed by atoms with Crippen LogP contribution in [0, 0.1) is 5.41 Å². The van der Waals surface area contributed by atoms with E-state index in [0.717, 1.165) is 38.5 Å². The van der Waals surface area contributed by atoms with Crippen LogP contribution in [0.15, 0.2) is 0 Å². The minimum atomic E-state index is -1.80. The third kappa shape index (κ3) is 16.2. The largest absolute Gasteiger partial charge is 2.00 e. The molecule has 4 nitrogen and oxygen atoms in total. The summed E-state index contributed by atoms with van der Waals surface area (Å²) in [7, 11) is 0. The average Bonchev–Trinajstić information content (AvgIpc) is 2.69. The van der Waals surface area contributed by atoms with Crippen LogP contribution in [0.5, 0.6) is 0 Å². The predicted octanol–water partition coefficient (Wildman–Crippen LogP) is 4.93. The zero-order valence-electron chi connectivity index (χ0n) is 20.0. The van der Waals surface area contributed by atoms with Crippen molar-refractivity contribution in [1.82, 2.24) is 0 Å². The molecule has 0 heterocycles. The van der Waals surface area contributed by atoms with Gasteiger partial charge in [0, 0.05) is 5.41 Å². The second kappa shape index (κ2) is 22.7. The molecule has 5 heteroatoms. The topological polar surface area (TPSA) is 80.3 Å². The molecule has 0 aliphatic carbocycles. The Kier molecular flexibility index (Phi) is 24.7. The molecule has 0 fully saturated rings. The zero-order valence-corrected chi connectivity index (χ0v) is 24.4. The number of hydrogen-bond acceptors (Lipinski definition) is 4. The van der Waals surface area contributed by atoms with Crippen LogP contribution in [0.2, 0.25) is 0 Å². The summed E-state index contributed by atoms with van der Waals surface area (Å²) in [5.41, 5.74) is -1.80. The van der Waals surface area contributed by atoms with Gasteiger partial charge in [0.25, 0.3) is 0 Å². The molecule has 0 atom stereocenters. The van der Waals surface area contributed by atoms with E-state index < -0.39 is 17.4 Å². The quantitative estimate of drug-likeness (QED) is 0.109. The van der Waals surface area contributed by atoms with Crippen molar-refractivity contribution in [2.24, 2.45) is 5.41 Å². The van der Waals surface area contributed by atoms with E-state index in [1.54, 1.807) is 0 Å². The van der Waals surface area contributed by atoms with E-state index in [9.17, 15) is 19.8 Å². The summed E-state index contributed by atoms with van der Waals surface area (Å²) in [5, 5.41) is 23.3. The zero-order chi connectivity index (χ0) is 21.8. The van der Waals surface area contributed by atoms with Gasteiger partial charge in [0.15, 0.2) is 0 Å². The van der Waals surface area contributed by atoms with Gasteiger partial charge in [0.05, 0.1) is 11.9 Å². The standard InChI is InChI=1S/C25H48O4.Ba/c1-3-5-7-9-11-13-15-17-19-21-25(23(26)27,24(28)29)22-20-18-16-14-12-10-8-6-4-2;/h3-22H2,1-2H3,(H,26,27)(H,28,29);/q;+2/p-2. The van der Waals surface area contributed by atoms with Crippen molar-refractivity contribution in [2.75, 3.05) is 0 Å². The summed E-state index contributed by atoms with van der Waals surface area (Å²) in [4.78, 5) is 23.3. The number of carboxylic acid groups (broad SMARTS) is 2. The first kappa shape index (κ1) is 32.7. The fraction of sp³-hybridized carbons (Fsp3) is 0.920. The molecule has 0 spiro atoms. The predicted molar refractivity (Wildman–Crippen MR) is 122 cm³/mol. The summed E-state index contributed by atoms with van der Waals surface area (Å²) in [6, 6.07) is 0. The third-order valence-electron chi connectivity index (χ3n) is 6.20. The first-order chi connectivity index (χ1) is 14.0. The molecule has 0 rings (SSSR count). The van der Waals surface area contributed by atoms with E-state index in [0.29, 0.717) is 12.8 Å². The van der Waals surface area contributed by atoms with Crippen molar-refractivity contribution < 1.29 is 19.8 Å². The first-order valence-corrected chi connectivity index (χ1v) is 12.4. The minimum Gasteiger partial charge on any atom is -0.549 e. The van der Waals surface area contributed by atoms with Crippen LogP contribution >= 0.6 is 0 Å². The van der Waals surface area contributed by atoms with Gasteiger partial charge in [-0.15, -0.1) is 0 Å².